The second-order valence-electron chi connectivity index (χ2n) is 9.22. The van der Waals surface area contributed by atoms with Gasteiger partial charge in [0.25, 0.3) is 0 Å². The fraction of sp³-hybridized carbons (Fsp3) is 0.414. The number of rotatable bonds is 14. The predicted octanol–water partition coefficient (Wildman–Crippen LogP) is 3.39. The molecular weight excluding hydrogens is 532 g/mol. The summed E-state index contributed by atoms with van der Waals surface area (Å²) in [6.07, 6.45) is 0.428. The minimum Gasteiger partial charge on any atom is -0.490 e. The summed E-state index contributed by atoms with van der Waals surface area (Å²) in [4.78, 5) is 24.5. The van der Waals surface area contributed by atoms with Gasteiger partial charge >= 0.3 is 12.0 Å². The van der Waals surface area contributed by atoms with Gasteiger partial charge in [-0.3, -0.25) is 5.43 Å². The number of urea groups is 1. The molecule has 0 aromatic heterocycles. The first-order chi connectivity index (χ1) is 19.7. The number of amides is 2. The Hall–Kier alpha value is -4.45. The summed E-state index contributed by atoms with van der Waals surface area (Å²) < 4.78 is 27.9. The minimum atomic E-state index is -1.13. The van der Waals surface area contributed by atoms with Gasteiger partial charge in [-0.1, -0.05) is 6.07 Å². The highest BCUT2D eigenvalue weighted by Gasteiger charge is 2.32. The monoisotopic (exact) mass is 570 g/mol. The van der Waals surface area contributed by atoms with E-state index >= 15 is 0 Å². The molecule has 0 bridgehead atoms. The number of hydrogen-bond donors (Lipinski definition) is 4. The zero-order valence-corrected chi connectivity index (χ0v) is 24.1. The van der Waals surface area contributed by atoms with Crippen molar-refractivity contribution < 1.29 is 38.4 Å². The van der Waals surface area contributed by atoms with E-state index in [9.17, 15) is 14.7 Å². The van der Waals surface area contributed by atoms with Crippen LogP contribution in [0.25, 0.3) is 0 Å². The molecule has 1 heterocycles. The second kappa shape index (κ2) is 14.8. The van der Waals surface area contributed by atoms with Gasteiger partial charge in [0.1, 0.15) is 6.61 Å². The highest BCUT2D eigenvalue weighted by atomic mass is 16.5. The molecule has 0 saturated heterocycles. The quantitative estimate of drug-likeness (QED) is 0.116. The van der Waals surface area contributed by atoms with Gasteiger partial charge in [0, 0.05) is 5.70 Å². The SMILES string of the molecule is CCOc1cc([C@H]2NC(=O)NC(C)=C2C(=O)OC)ccc1OC[C@H](O)N/N=C/c1ccc(OC(C)C)c(OCC)c1. The van der Waals surface area contributed by atoms with Crippen molar-refractivity contribution in [1.82, 2.24) is 16.1 Å². The first-order valence-electron chi connectivity index (χ1n) is 13.3. The number of carbonyl (C=O) groups excluding carboxylic acids is 2. The lowest BCUT2D eigenvalue weighted by Crippen LogP contribution is -2.45. The number of benzene rings is 2. The van der Waals surface area contributed by atoms with Crippen LogP contribution < -0.4 is 35.0 Å². The predicted molar refractivity (Wildman–Crippen MR) is 152 cm³/mol. The maximum absolute atomic E-state index is 12.4. The normalized spacial score (nSPS) is 15.7. The molecule has 1 aliphatic heterocycles. The number of ether oxygens (including phenoxy) is 5. The molecule has 2 aromatic rings. The minimum absolute atomic E-state index is 0.00813. The standard InChI is InChI=1S/C29H38N4O8/c1-7-38-23-13-19(9-11-22(23)41-17(3)4)15-30-33-25(34)16-40-21-12-10-20(14-24(21)39-8-2)27-26(28(35)37-6)18(5)31-29(36)32-27/h9-15,17,25,27,33-34H,7-8,16H2,1-6H3,(H2,31,32,36)/b30-15+/t25-,27+/m0/s1. The largest absolute Gasteiger partial charge is 0.490 e. The Morgan fingerprint density at radius 2 is 1.73 bits per heavy atom. The fourth-order valence-electron chi connectivity index (χ4n) is 4.04. The number of nitrogens with zero attached hydrogens (tertiary/aromatic N) is 1. The smallest absolute Gasteiger partial charge is 0.337 e. The summed E-state index contributed by atoms with van der Waals surface area (Å²) in [5, 5.41) is 19.8. The van der Waals surface area contributed by atoms with Crippen LogP contribution in [0.4, 0.5) is 4.79 Å². The topological polar surface area (TPSA) is 149 Å². The lowest BCUT2D eigenvalue weighted by atomic mass is 9.95. The first-order valence-corrected chi connectivity index (χ1v) is 13.3. The van der Waals surface area contributed by atoms with Crippen LogP contribution in [0.3, 0.4) is 0 Å². The highest BCUT2D eigenvalue weighted by molar-refractivity contribution is 5.95. The number of hydrogen-bond acceptors (Lipinski definition) is 10. The second-order valence-corrected chi connectivity index (χ2v) is 9.22. The van der Waals surface area contributed by atoms with E-state index in [2.05, 4.69) is 21.2 Å². The molecule has 2 aromatic carbocycles. The van der Waals surface area contributed by atoms with E-state index in [-0.39, 0.29) is 18.3 Å². The Bertz CT molecular complexity index is 1280. The Morgan fingerprint density at radius 1 is 1.05 bits per heavy atom. The van der Waals surface area contributed by atoms with Crippen LogP contribution in [0, 0.1) is 0 Å². The highest BCUT2D eigenvalue weighted by Crippen LogP contribution is 2.35. The van der Waals surface area contributed by atoms with Gasteiger partial charge in [0.15, 0.2) is 29.2 Å². The third kappa shape index (κ3) is 8.52. The van der Waals surface area contributed by atoms with E-state index in [0.29, 0.717) is 47.5 Å². The van der Waals surface area contributed by atoms with E-state index in [1.54, 1.807) is 37.4 Å². The van der Waals surface area contributed by atoms with E-state index in [4.69, 9.17) is 23.7 Å². The molecule has 12 nitrogen and oxygen atoms in total. The van der Waals surface area contributed by atoms with Crippen molar-refractivity contribution in [2.45, 2.75) is 53.0 Å². The van der Waals surface area contributed by atoms with Crippen molar-refractivity contribution in [3.63, 3.8) is 0 Å². The average Bonchev–Trinajstić information content (AvgIpc) is 2.93. The van der Waals surface area contributed by atoms with Crippen molar-refractivity contribution in [3.05, 3.63) is 58.8 Å². The third-order valence-electron chi connectivity index (χ3n) is 5.74. The Labute approximate surface area is 239 Å². The number of hydrazone groups is 1. The van der Waals surface area contributed by atoms with Gasteiger partial charge in [-0.15, -0.1) is 0 Å². The summed E-state index contributed by atoms with van der Waals surface area (Å²) in [6, 6.07) is 9.27. The fourth-order valence-corrected chi connectivity index (χ4v) is 4.04. The molecule has 4 N–H and O–H groups in total. The Morgan fingerprint density at radius 3 is 2.39 bits per heavy atom. The average molecular weight is 571 g/mol. The summed E-state index contributed by atoms with van der Waals surface area (Å²) >= 11 is 0. The molecule has 3 rings (SSSR count). The Balaban J connectivity index is 1.67. The molecule has 41 heavy (non-hydrogen) atoms. The van der Waals surface area contributed by atoms with Crippen molar-refractivity contribution >= 4 is 18.2 Å². The maximum atomic E-state index is 12.4. The summed E-state index contributed by atoms with van der Waals surface area (Å²) in [5.41, 5.74) is 4.64. The van der Waals surface area contributed by atoms with Crippen LogP contribution in [0.15, 0.2) is 52.8 Å². The van der Waals surface area contributed by atoms with Crippen LogP contribution in [0.5, 0.6) is 23.0 Å². The van der Waals surface area contributed by atoms with Gasteiger partial charge < -0.3 is 39.4 Å². The van der Waals surface area contributed by atoms with Gasteiger partial charge in [-0.05, 0) is 76.1 Å². The zero-order chi connectivity index (χ0) is 29.9. The summed E-state index contributed by atoms with van der Waals surface area (Å²) in [6.45, 7) is 9.91. The molecule has 0 fully saturated rings. The molecule has 2 amide bonds. The lowest BCUT2D eigenvalue weighted by Gasteiger charge is -2.28. The number of nitrogens with one attached hydrogen (secondary N) is 3. The number of aliphatic hydroxyl groups is 1. The molecule has 1 aliphatic rings. The summed E-state index contributed by atoms with van der Waals surface area (Å²) in [7, 11) is 1.28. The van der Waals surface area contributed by atoms with Gasteiger partial charge in [-0.2, -0.15) is 5.10 Å². The van der Waals surface area contributed by atoms with Crippen molar-refractivity contribution in [2.75, 3.05) is 26.9 Å². The van der Waals surface area contributed by atoms with E-state index < -0.39 is 24.3 Å². The molecule has 0 aliphatic carbocycles. The number of methoxy groups -OCH3 is 1. The Kier molecular flexibility index (Phi) is 11.2. The molecular formula is C29H38N4O8. The van der Waals surface area contributed by atoms with Crippen LogP contribution in [-0.2, 0) is 9.53 Å². The van der Waals surface area contributed by atoms with Crippen molar-refractivity contribution in [3.8, 4) is 23.0 Å². The van der Waals surface area contributed by atoms with Crippen LogP contribution in [0.1, 0.15) is 51.8 Å². The van der Waals surface area contributed by atoms with Crippen molar-refractivity contribution in [2.24, 2.45) is 5.10 Å². The van der Waals surface area contributed by atoms with Crippen LogP contribution in [0.2, 0.25) is 0 Å². The van der Waals surface area contributed by atoms with Crippen LogP contribution >= 0.6 is 0 Å². The van der Waals surface area contributed by atoms with E-state index in [1.165, 1.54) is 7.11 Å². The van der Waals surface area contributed by atoms with Crippen LogP contribution in [-0.4, -0.2) is 62.6 Å². The number of esters is 1. The number of allylic oxidation sites excluding steroid dienone is 1. The molecule has 0 unspecified atom stereocenters. The molecule has 2 atom stereocenters. The third-order valence-corrected chi connectivity index (χ3v) is 5.74. The maximum Gasteiger partial charge on any atom is 0.337 e. The van der Waals surface area contributed by atoms with E-state index in [0.717, 1.165) is 5.56 Å². The first kappa shape index (κ1) is 31.1. The van der Waals surface area contributed by atoms with Crippen molar-refractivity contribution in [1.29, 1.82) is 0 Å². The zero-order valence-electron chi connectivity index (χ0n) is 24.1. The molecule has 0 spiro atoms. The van der Waals surface area contributed by atoms with E-state index in [1.807, 2.05) is 39.8 Å². The number of aliphatic hydroxyl groups excluding tert-OH is 1. The van der Waals surface area contributed by atoms with Gasteiger partial charge in [-0.25, -0.2) is 9.59 Å². The molecule has 0 radical (unpaired) electrons. The summed E-state index contributed by atoms with van der Waals surface area (Å²) in [5.74, 6) is 1.42. The molecule has 12 heteroatoms. The van der Waals surface area contributed by atoms with Gasteiger partial charge in [0.05, 0.1) is 44.3 Å². The molecule has 0 saturated carbocycles. The van der Waals surface area contributed by atoms with Gasteiger partial charge in [0.2, 0.25) is 0 Å². The number of carbonyl (C=O) groups is 2. The molecule has 222 valence electrons. The lowest BCUT2D eigenvalue weighted by molar-refractivity contribution is -0.136.